The third-order valence-electron chi connectivity index (χ3n) is 2.47. The van der Waals surface area contributed by atoms with Crippen LogP contribution in [0.5, 0.6) is 5.75 Å². The summed E-state index contributed by atoms with van der Waals surface area (Å²) in [7, 11) is -0.371. The predicted octanol–water partition coefficient (Wildman–Crippen LogP) is 0.728. The highest BCUT2D eigenvalue weighted by molar-refractivity contribution is 7.92. The number of nitrogens with zero attached hydrogens (tertiary/aromatic N) is 1. The Hall–Kier alpha value is -1.27. The van der Waals surface area contributed by atoms with Crippen LogP contribution in [0.15, 0.2) is 18.2 Å². The molecule has 5 nitrogen and oxygen atoms in total. The monoisotopic (exact) mass is 258 g/mol. The lowest BCUT2D eigenvalue weighted by Crippen LogP contribution is -2.32. The first-order chi connectivity index (χ1) is 7.92. The molecule has 0 fully saturated rings. The minimum Gasteiger partial charge on any atom is -0.495 e. The van der Waals surface area contributed by atoms with Gasteiger partial charge >= 0.3 is 0 Å². The van der Waals surface area contributed by atoms with Crippen molar-refractivity contribution in [3.05, 3.63) is 23.8 Å². The van der Waals surface area contributed by atoms with Crippen LogP contribution >= 0.6 is 0 Å². The molecule has 0 aliphatic rings. The normalized spacial score (nSPS) is 11.3. The number of ether oxygens (including phenoxy) is 1. The van der Waals surface area contributed by atoms with E-state index in [1.54, 1.807) is 12.1 Å². The van der Waals surface area contributed by atoms with E-state index in [1.807, 2.05) is 13.0 Å². The summed E-state index contributed by atoms with van der Waals surface area (Å²) in [5.41, 5.74) is 6.79. The van der Waals surface area contributed by atoms with E-state index in [-0.39, 0.29) is 12.3 Å². The third kappa shape index (κ3) is 3.10. The molecule has 96 valence electrons. The zero-order valence-electron chi connectivity index (χ0n) is 10.3. The molecule has 0 aliphatic heterocycles. The minimum absolute atomic E-state index is 0.0827. The zero-order chi connectivity index (χ0) is 13.1. The molecule has 0 atom stereocenters. The Balaban J connectivity index is 3.19. The van der Waals surface area contributed by atoms with Gasteiger partial charge in [-0.25, -0.2) is 8.42 Å². The van der Waals surface area contributed by atoms with Gasteiger partial charge in [0.25, 0.3) is 0 Å². The summed E-state index contributed by atoms with van der Waals surface area (Å²) in [6.45, 7) is 1.99. The second kappa shape index (κ2) is 5.37. The molecule has 0 radical (unpaired) electrons. The molecular weight excluding hydrogens is 240 g/mol. The molecule has 6 heteroatoms. The highest BCUT2D eigenvalue weighted by Gasteiger charge is 2.20. The fourth-order valence-electron chi connectivity index (χ4n) is 1.48. The van der Waals surface area contributed by atoms with Gasteiger partial charge in [-0.1, -0.05) is 6.07 Å². The summed E-state index contributed by atoms with van der Waals surface area (Å²) < 4.78 is 30.2. The van der Waals surface area contributed by atoms with Crippen LogP contribution in [-0.4, -0.2) is 34.9 Å². The van der Waals surface area contributed by atoms with Crippen LogP contribution in [-0.2, 0) is 10.0 Å². The number of rotatable bonds is 5. The van der Waals surface area contributed by atoms with Crippen molar-refractivity contribution in [3.63, 3.8) is 0 Å². The molecule has 1 rings (SSSR count). The van der Waals surface area contributed by atoms with Crippen molar-refractivity contribution in [3.8, 4) is 5.75 Å². The molecule has 0 bridgehead atoms. The van der Waals surface area contributed by atoms with E-state index >= 15 is 0 Å². The summed E-state index contributed by atoms with van der Waals surface area (Å²) in [5, 5.41) is 0. The Kier molecular flexibility index (Phi) is 4.36. The van der Waals surface area contributed by atoms with Gasteiger partial charge in [-0.3, -0.25) is 4.31 Å². The predicted molar refractivity (Wildman–Crippen MR) is 69.0 cm³/mol. The largest absolute Gasteiger partial charge is 0.495 e. The van der Waals surface area contributed by atoms with Crippen LogP contribution in [0.1, 0.15) is 5.56 Å². The molecule has 0 aromatic heterocycles. The lowest BCUT2D eigenvalue weighted by molar-refractivity contribution is 0.415. The van der Waals surface area contributed by atoms with Gasteiger partial charge in [-0.05, 0) is 24.6 Å². The number of hydrogen-bond donors (Lipinski definition) is 1. The van der Waals surface area contributed by atoms with E-state index in [1.165, 1.54) is 18.5 Å². The Labute approximate surface area is 102 Å². The average molecular weight is 258 g/mol. The molecule has 1 aromatic rings. The maximum atomic E-state index is 11.9. The third-order valence-corrected chi connectivity index (χ3v) is 4.25. The van der Waals surface area contributed by atoms with Crippen molar-refractivity contribution < 1.29 is 13.2 Å². The first kappa shape index (κ1) is 13.8. The van der Waals surface area contributed by atoms with E-state index in [2.05, 4.69) is 0 Å². The number of methoxy groups -OCH3 is 1. The van der Waals surface area contributed by atoms with Crippen molar-refractivity contribution in [2.75, 3.05) is 30.8 Å². The molecule has 0 spiro atoms. The number of benzene rings is 1. The number of sulfonamides is 1. The molecule has 0 aliphatic carbocycles. The van der Waals surface area contributed by atoms with Gasteiger partial charge < -0.3 is 10.5 Å². The van der Waals surface area contributed by atoms with Crippen molar-refractivity contribution in [2.45, 2.75) is 6.92 Å². The fraction of sp³-hybridized carbons (Fsp3) is 0.455. The molecule has 0 saturated heterocycles. The summed E-state index contributed by atoms with van der Waals surface area (Å²) in [4.78, 5) is 0. The quantitative estimate of drug-likeness (QED) is 0.845. The van der Waals surface area contributed by atoms with E-state index in [0.29, 0.717) is 11.4 Å². The Morgan fingerprint density at radius 3 is 2.59 bits per heavy atom. The number of aryl methyl sites for hydroxylation is 1. The second-order valence-corrected chi connectivity index (χ2v) is 5.87. The van der Waals surface area contributed by atoms with E-state index < -0.39 is 10.0 Å². The van der Waals surface area contributed by atoms with Crippen LogP contribution in [0, 0.1) is 6.92 Å². The number of anilines is 1. The van der Waals surface area contributed by atoms with Crippen molar-refractivity contribution in [1.82, 2.24) is 0 Å². The van der Waals surface area contributed by atoms with Gasteiger partial charge in [0.05, 0.1) is 18.6 Å². The summed E-state index contributed by atoms with van der Waals surface area (Å²) in [6.07, 6.45) is 0. The van der Waals surface area contributed by atoms with Crippen molar-refractivity contribution in [1.29, 1.82) is 0 Å². The van der Waals surface area contributed by atoms with Gasteiger partial charge in [0.15, 0.2) is 0 Å². The van der Waals surface area contributed by atoms with E-state index in [9.17, 15) is 8.42 Å². The molecule has 17 heavy (non-hydrogen) atoms. The topological polar surface area (TPSA) is 72.6 Å². The Bertz CT molecular complexity index is 485. The first-order valence-corrected chi connectivity index (χ1v) is 6.84. The standard InChI is InChI=1S/C11H18N2O3S/c1-9-4-5-11(16-3)10(8-9)13(2)17(14,15)7-6-12/h4-5,8H,6-7,12H2,1-3H3. The average Bonchev–Trinajstić information content (AvgIpc) is 2.28. The van der Waals surface area contributed by atoms with E-state index in [0.717, 1.165) is 5.56 Å². The van der Waals surface area contributed by atoms with Crippen LogP contribution in [0.4, 0.5) is 5.69 Å². The highest BCUT2D eigenvalue weighted by Crippen LogP contribution is 2.30. The van der Waals surface area contributed by atoms with Gasteiger partial charge in [0.2, 0.25) is 10.0 Å². The van der Waals surface area contributed by atoms with Gasteiger partial charge in [-0.2, -0.15) is 0 Å². The van der Waals surface area contributed by atoms with Gasteiger partial charge in [-0.15, -0.1) is 0 Å². The minimum atomic E-state index is -3.38. The maximum absolute atomic E-state index is 11.9. The lowest BCUT2D eigenvalue weighted by atomic mass is 10.2. The summed E-state index contributed by atoms with van der Waals surface area (Å²) in [6, 6.07) is 5.39. The Morgan fingerprint density at radius 2 is 2.06 bits per heavy atom. The smallest absolute Gasteiger partial charge is 0.236 e. The molecular formula is C11H18N2O3S. The summed E-state index contributed by atoms with van der Waals surface area (Å²) >= 11 is 0. The maximum Gasteiger partial charge on any atom is 0.236 e. The van der Waals surface area contributed by atoms with Crippen LogP contribution in [0.25, 0.3) is 0 Å². The van der Waals surface area contributed by atoms with Crippen molar-refractivity contribution >= 4 is 15.7 Å². The molecule has 0 heterocycles. The van der Waals surface area contributed by atoms with Gasteiger partial charge in [0.1, 0.15) is 5.75 Å². The lowest BCUT2D eigenvalue weighted by Gasteiger charge is -2.21. The molecule has 2 N–H and O–H groups in total. The van der Waals surface area contributed by atoms with Crippen LogP contribution in [0.3, 0.4) is 0 Å². The zero-order valence-corrected chi connectivity index (χ0v) is 11.1. The SMILES string of the molecule is COc1ccc(C)cc1N(C)S(=O)(=O)CCN. The first-order valence-electron chi connectivity index (χ1n) is 5.23. The van der Waals surface area contributed by atoms with Crippen molar-refractivity contribution in [2.24, 2.45) is 5.73 Å². The summed E-state index contributed by atoms with van der Waals surface area (Å²) in [5.74, 6) is 0.444. The Morgan fingerprint density at radius 1 is 1.41 bits per heavy atom. The number of nitrogens with two attached hydrogens (primary N) is 1. The molecule has 0 saturated carbocycles. The van der Waals surface area contributed by atoms with E-state index in [4.69, 9.17) is 10.5 Å². The molecule has 0 amide bonds. The molecule has 1 aromatic carbocycles. The second-order valence-electron chi connectivity index (χ2n) is 3.75. The highest BCUT2D eigenvalue weighted by atomic mass is 32.2. The fourth-order valence-corrected chi connectivity index (χ4v) is 2.50. The van der Waals surface area contributed by atoms with Crippen LogP contribution < -0.4 is 14.8 Å². The molecule has 0 unspecified atom stereocenters. The van der Waals surface area contributed by atoms with Crippen LogP contribution in [0.2, 0.25) is 0 Å². The van der Waals surface area contributed by atoms with Gasteiger partial charge in [0, 0.05) is 13.6 Å². The number of hydrogen-bond acceptors (Lipinski definition) is 4.